The normalized spacial score (nSPS) is 13.4. The van der Waals surface area contributed by atoms with Crippen LogP contribution >= 0.6 is 0 Å². The Kier molecular flexibility index (Phi) is 6.76. The molecule has 1 aromatic rings. The largest absolute Gasteiger partial charge is 0.444 e. The van der Waals surface area contributed by atoms with Crippen molar-refractivity contribution >= 4 is 16.2 Å². The van der Waals surface area contributed by atoms with E-state index < -0.39 is 27.9 Å². The van der Waals surface area contributed by atoms with Crippen LogP contribution in [-0.2, 0) is 19.6 Å². The maximum atomic E-state index is 11.5. The van der Waals surface area contributed by atoms with Gasteiger partial charge in [0.25, 0.3) is 10.1 Å². The molecule has 0 radical (unpaired) electrons. The minimum atomic E-state index is -4.33. The molecule has 1 unspecified atom stereocenters. The Hall–Kier alpha value is -1.64. The smallest absolute Gasteiger partial charge is 0.407 e. The highest BCUT2D eigenvalue weighted by Gasteiger charge is 2.20. The molecule has 1 aromatic carbocycles. The fraction of sp³-hybridized carbons (Fsp3) is 0.562. The third kappa shape index (κ3) is 6.86. The molecular weight excluding hydrogens is 334 g/mol. The molecule has 7 nitrogen and oxygen atoms in total. The van der Waals surface area contributed by atoms with E-state index in [9.17, 15) is 17.8 Å². The summed E-state index contributed by atoms with van der Waals surface area (Å²) in [6.45, 7) is 9.16. The summed E-state index contributed by atoms with van der Waals surface area (Å²) in [5, 5.41) is 2.55. The van der Waals surface area contributed by atoms with Crippen LogP contribution in [0.5, 0.6) is 0 Å². The van der Waals surface area contributed by atoms with E-state index >= 15 is 0 Å². The summed E-state index contributed by atoms with van der Waals surface area (Å²) >= 11 is 0. The van der Waals surface area contributed by atoms with Gasteiger partial charge in [-0.05, 0) is 40.7 Å². The zero-order valence-corrected chi connectivity index (χ0v) is 15.4. The second-order valence-corrected chi connectivity index (χ2v) is 7.85. The summed E-state index contributed by atoms with van der Waals surface area (Å²) in [7, 11) is -4.33. The van der Waals surface area contributed by atoms with Gasteiger partial charge in [0.05, 0.1) is 17.6 Å². The first-order valence-electron chi connectivity index (χ1n) is 7.56. The van der Waals surface area contributed by atoms with Crippen molar-refractivity contribution in [3.63, 3.8) is 0 Å². The zero-order chi connectivity index (χ0) is 18.5. The van der Waals surface area contributed by atoms with E-state index in [1.807, 2.05) is 6.92 Å². The molecule has 0 saturated heterocycles. The maximum absolute atomic E-state index is 11.5. The number of amides is 1. The van der Waals surface area contributed by atoms with E-state index in [-0.39, 0.29) is 18.0 Å². The van der Waals surface area contributed by atoms with Crippen molar-refractivity contribution in [3.05, 3.63) is 29.3 Å². The van der Waals surface area contributed by atoms with Crippen LogP contribution in [0, 0.1) is 6.92 Å². The molecule has 1 rings (SSSR count). The van der Waals surface area contributed by atoms with Gasteiger partial charge in [-0.1, -0.05) is 17.7 Å². The molecular formula is C16H25NO6S. The second kappa shape index (κ2) is 7.96. The van der Waals surface area contributed by atoms with Gasteiger partial charge in [-0.25, -0.2) is 4.79 Å². The third-order valence-electron chi connectivity index (χ3n) is 3.02. The standard InChI is InChI=1S/C16H25NO6S/c1-11-6-7-14(24(19,20)21)13(10-11)12(2)22-9-8-17-15(18)23-16(3,4)5/h6-7,10,12H,8-9H2,1-5H3,(H,17,18)(H,19,20,21). The summed E-state index contributed by atoms with van der Waals surface area (Å²) in [6.07, 6.45) is -1.12. The van der Waals surface area contributed by atoms with Crippen LogP contribution in [0.3, 0.4) is 0 Å². The molecule has 0 aliphatic carbocycles. The van der Waals surface area contributed by atoms with E-state index in [0.29, 0.717) is 5.56 Å². The Morgan fingerprint density at radius 2 is 1.96 bits per heavy atom. The highest BCUT2D eigenvalue weighted by Crippen LogP contribution is 2.26. The van der Waals surface area contributed by atoms with Gasteiger partial charge in [-0.15, -0.1) is 0 Å². The van der Waals surface area contributed by atoms with E-state index in [2.05, 4.69) is 5.32 Å². The van der Waals surface area contributed by atoms with Gasteiger partial charge in [0.15, 0.2) is 0 Å². The molecule has 24 heavy (non-hydrogen) atoms. The first kappa shape index (κ1) is 20.4. The van der Waals surface area contributed by atoms with Crippen molar-refractivity contribution in [3.8, 4) is 0 Å². The third-order valence-corrected chi connectivity index (χ3v) is 3.95. The lowest BCUT2D eigenvalue weighted by atomic mass is 10.1. The number of aryl methyl sites for hydroxylation is 1. The van der Waals surface area contributed by atoms with E-state index in [0.717, 1.165) is 5.56 Å². The van der Waals surface area contributed by atoms with E-state index in [4.69, 9.17) is 9.47 Å². The lowest BCUT2D eigenvalue weighted by Gasteiger charge is -2.20. The lowest BCUT2D eigenvalue weighted by Crippen LogP contribution is -2.34. The Morgan fingerprint density at radius 3 is 2.50 bits per heavy atom. The second-order valence-electron chi connectivity index (χ2n) is 6.46. The molecule has 0 heterocycles. The first-order valence-corrected chi connectivity index (χ1v) is 9.00. The van der Waals surface area contributed by atoms with Gasteiger partial charge in [0, 0.05) is 12.1 Å². The van der Waals surface area contributed by atoms with Crippen LogP contribution in [0.25, 0.3) is 0 Å². The molecule has 0 spiro atoms. The summed E-state index contributed by atoms with van der Waals surface area (Å²) in [5.41, 5.74) is 0.638. The molecule has 0 saturated carbocycles. The molecule has 136 valence electrons. The van der Waals surface area contributed by atoms with E-state index in [1.165, 1.54) is 6.07 Å². The van der Waals surface area contributed by atoms with Gasteiger partial charge in [-0.2, -0.15) is 8.42 Å². The minimum absolute atomic E-state index is 0.166. The van der Waals surface area contributed by atoms with Crippen molar-refractivity contribution in [2.24, 2.45) is 0 Å². The quantitative estimate of drug-likeness (QED) is 0.598. The highest BCUT2D eigenvalue weighted by atomic mass is 32.2. The number of hydrogen-bond acceptors (Lipinski definition) is 5. The monoisotopic (exact) mass is 359 g/mol. The highest BCUT2D eigenvalue weighted by molar-refractivity contribution is 7.85. The molecule has 0 bridgehead atoms. The van der Waals surface area contributed by atoms with Crippen molar-refractivity contribution in [1.82, 2.24) is 5.32 Å². The molecule has 1 atom stereocenters. The Balaban J connectivity index is 2.62. The fourth-order valence-electron chi connectivity index (χ4n) is 2.01. The van der Waals surface area contributed by atoms with Crippen LogP contribution in [-0.4, -0.2) is 37.8 Å². The summed E-state index contributed by atoms with van der Waals surface area (Å²) in [6, 6.07) is 4.59. The Labute approximate surface area is 143 Å². The molecule has 0 fully saturated rings. The SMILES string of the molecule is Cc1ccc(S(=O)(=O)O)c(C(C)OCCNC(=O)OC(C)(C)C)c1. The topological polar surface area (TPSA) is 102 Å². The number of alkyl carbamates (subject to hydrolysis) is 1. The average Bonchev–Trinajstić information content (AvgIpc) is 2.40. The first-order chi connectivity index (χ1) is 10.9. The number of benzene rings is 1. The van der Waals surface area contributed by atoms with Crippen molar-refractivity contribution in [2.45, 2.75) is 51.2 Å². The number of carbonyl (C=O) groups is 1. The van der Waals surface area contributed by atoms with Crippen LogP contribution in [0.15, 0.2) is 23.1 Å². The van der Waals surface area contributed by atoms with Crippen LogP contribution < -0.4 is 5.32 Å². The number of hydrogen-bond donors (Lipinski definition) is 2. The predicted molar refractivity (Wildman–Crippen MR) is 89.6 cm³/mol. The number of carbonyl (C=O) groups excluding carboxylic acids is 1. The van der Waals surface area contributed by atoms with Gasteiger partial charge in [0.2, 0.25) is 0 Å². The Morgan fingerprint density at radius 1 is 1.33 bits per heavy atom. The van der Waals surface area contributed by atoms with Gasteiger partial charge in [-0.3, -0.25) is 4.55 Å². The van der Waals surface area contributed by atoms with Gasteiger partial charge < -0.3 is 14.8 Å². The Bertz CT molecular complexity index is 678. The fourth-order valence-corrected chi connectivity index (χ4v) is 2.78. The van der Waals surface area contributed by atoms with E-state index in [1.54, 1.807) is 39.8 Å². The summed E-state index contributed by atoms with van der Waals surface area (Å²) in [4.78, 5) is 11.3. The molecule has 2 N–H and O–H groups in total. The predicted octanol–water partition coefficient (Wildman–Crippen LogP) is 2.84. The van der Waals surface area contributed by atoms with Gasteiger partial charge in [0.1, 0.15) is 5.60 Å². The maximum Gasteiger partial charge on any atom is 0.407 e. The van der Waals surface area contributed by atoms with Crippen LogP contribution in [0.1, 0.15) is 44.9 Å². The molecule has 0 aliphatic rings. The number of nitrogens with one attached hydrogen (secondary N) is 1. The van der Waals surface area contributed by atoms with Crippen molar-refractivity contribution in [2.75, 3.05) is 13.2 Å². The lowest BCUT2D eigenvalue weighted by molar-refractivity contribution is 0.0427. The minimum Gasteiger partial charge on any atom is -0.444 e. The van der Waals surface area contributed by atoms with Crippen LogP contribution in [0.2, 0.25) is 0 Å². The molecule has 0 aromatic heterocycles. The number of ether oxygens (including phenoxy) is 2. The van der Waals surface area contributed by atoms with Gasteiger partial charge >= 0.3 is 6.09 Å². The van der Waals surface area contributed by atoms with Crippen molar-refractivity contribution < 1.29 is 27.2 Å². The number of rotatable bonds is 6. The molecule has 1 amide bonds. The summed E-state index contributed by atoms with van der Waals surface area (Å²) < 4.78 is 42.8. The average molecular weight is 359 g/mol. The molecule has 8 heteroatoms. The van der Waals surface area contributed by atoms with Crippen LogP contribution in [0.4, 0.5) is 4.79 Å². The summed E-state index contributed by atoms with van der Waals surface area (Å²) in [5.74, 6) is 0. The van der Waals surface area contributed by atoms with Crippen molar-refractivity contribution in [1.29, 1.82) is 0 Å². The zero-order valence-electron chi connectivity index (χ0n) is 14.6. The molecule has 0 aliphatic heterocycles.